The lowest BCUT2D eigenvalue weighted by atomic mass is 10.1. The summed E-state index contributed by atoms with van der Waals surface area (Å²) in [6, 6.07) is 2.97. The van der Waals surface area contributed by atoms with Crippen molar-refractivity contribution < 1.29 is 14.7 Å². The van der Waals surface area contributed by atoms with Crippen LogP contribution in [-0.4, -0.2) is 40.0 Å². The van der Waals surface area contributed by atoms with Gasteiger partial charge in [0.1, 0.15) is 5.69 Å². The maximum Gasteiger partial charge on any atom is 0.337 e. The summed E-state index contributed by atoms with van der Waals surface area (Å²) >= 11 is 0. The zero-order valence-corrected chi connectivity index (χ0v) is 14.8. The fourth-order valence-corrected chi connectivity index (χ4v) is 2.21. The Labute approximate surface area is 138 Å². The third-order valence-corrected chi connectivity index (χ3v) is 3.78. The van der Waals surface area contributed by atoms with Gasteiger partial charge in [-0.25, -0.2) is 9.78 Å². The Morgan fingerprint density at radius 2 is 1.61 bits per heavy atom. The van der Waals surface area contributed by atoms with Crippen LogP contribution in [0.15, 0.2) is 12.1 Å². The second kappa shape index (κ2) is 8.65. The lowest BCUT2D eigenvalue weighted by Gasteiger charge is -2.24. The number of aromatic nitrogens is 1. The molecule has 5 heteroatoms. The number of carbonyl (C=O) groups excluding carboxylic acids is 1. The van der Waals surface area contributed by atoms with E-state index in [1.54, 1.807) is 6.92 Å². The van der Waals surface area contributed by atoms with Gasteiger partial charge in [-0.3, -0.25) is 4.79 Å². The molecule has 1 N–H and O–H groups in total. The Bertz CT molecular complexity index is 541. The molecular formula is C18H28N2O3. The lowest BCUT2D eigenvalue weighted by Crippen LogP contribution is -2.34. The molecular weight excluding hydrogens is 292 g/mol. The fourth-order valence-electron chi connectivity index (χ4n) is 2.21. The number of rotatable bonds is 8. The van der Waals surface area contributed by atoms with E-state index in [0.29, 0.717) is 36.3 Å². The van der Waals surface area contributed by atoms with E-state index in [1.165, 1.54) is 12.1 Å². The van der Waals surface area contributed by atoms with Crippen LogP contribution in [-0.2, 0) is 0 Å². The predicted molar refractivity (Wildman–Crippen MR) is 90.7 cm³/mol. The van der Waals surface area contributed by atoms with Crippen LogP contribution in [0.1, 0.15) is 67.1 Å². The lowest BCUT2D eigenvalue weighted by molar-refractivity contribution is 0.0690. The molecule has 23 heavy (non-hydrogen) atoms. The number of carbonyl (C=O) groups is 2. The molecule has 1 heterocycles. The molecule has 1 rings (SSSR count). The normalized spacial score (nSPS) is 11.1. The minimum absolute atomic E-state index is 0.119. The Kier molecular flexibility index (Phi) is 7.20. The van der Waals surface area contributed by atoms with Gasteiger partial charge in [0.2, 0.25) is 0 Å². The van der Waals surface area contributed by atoms with Crippen LogP contribution in [0, 0.1) is 18.8 Å². The Hall–Kier alpha value is -1.91. The predicted octanol–water partition coefficient (Wildman–Crippen LogP) is 3.62. The minimum Gasteiger partial charge on any atom is -0.478 e. The monoisotopic (exact) mass is 320 g/mol. The number of aryl methyl sites for hydroxylation is 1. The van der Waals surface area contributed by atoms with E-state index < -0.39 is 5.97 Å². The topological polar surface area (TPSA) is 70.5 Å². The highest BCUT2D eigenvalue weighted by Crippen LogP contribution is 2.13. The summed E-state index contributed by atoms with van der Waals surface area (Å²) in [7, 11) is 0. The number of aromatic carboxylic acids is 1. The number of hydrogen-bond donors (Lipinski definition) is 1. The molecule has 0 saturated carbocycles. The molecule has 0 fully saturated rings. The molecule has 0 aliphatic carbocycles. The molecule has 0 atom stereocenters. The first-order valence-corrected chi connectivity index (χ1v) is 8.22. The van der Waals surface area contributed by atoms with Crippen LogP contribution >= 0.6 is 0 Å². The third kappa shape index (κ3) is 6.00. The van der Waals surface area contributed by atoms with E-state index in [-0.39, 0.29) is 11.5 Å². The summed E-state index contributed by atoms with van der Waals surface area (Å²) in [5.41, 5.74) is 0.827. The van der Waals surface area contributed by atoms with Crippen molar-refractivity contribution in [2.45, 2.75) is 47.5 Å². The second-order valence-corrected chi connectivity index (χ2v) is 6.79. The molecule has 0 radical (unpaired) electrons. The van der Waals surface area contributed by atoms with Crippen molar-refractivity contribution in [1.82, 2.24) is 9.88 Å². The van der Waals surface area contributed by atoms with Gasteiger partial charge in [0.25, 0.3) is 5.91 Å². The smallest absolute Gasteiger partial charge is 0.337 e. The van der Waals surface area contributed by atoms with Crippen LogP contribution in [0.2, 0.25) is 0 Å². The molecule has 0 bridgehead atoms. The molecule has 128 valence electrons. The van der Waals surface area contributed by atoms with E-state index >= 15 is 0 Å². The highest BCUT2D eigenvalue weighted by atomic mass is 16.4. The van der Waals surface area contributed by atoms with Crippen LogP contribution in [0.4, 0.5) is 0 Å². The number of carboxylic acids is 1. The first kappa shape index (κ1) is 19.1. The van der Waals surface area contributed by atoms with Gasteiger partial charge in [-0.05, 0) is 43.7 Å². The van der Waals surface area contributed by atoms with Crippen LogP contribution in [0.25, 0.3) is 0 Å². The quantitative estimate of drug-likeness (QED) is 0.794. The molecule has 0 aliphatic heterocycles. The van der Waals surface area contributed by atoms with Crippen molar-refractivity contribution in [3.05, 3.63) is 29.1 Å². The van der Waals surface area contributed by atoms with Crippen LogP contribution < -0.4 is 0 Å². The summed E-state index contributed by atoms with van der Waals surface area (Å²) in [6.45, 7) is 11.6. The van der Waals surface area contributed by atoms with Crippen molar-refractivity contribution in [3.8, 4) is 0 Å². The Morgan fingerprint density at radius 3 is 2.00 bits per heavy atom. The largest absolute Gasteiger partial charge is 0.478 e. The van der Waals surface area contributed by atoms with Crippen molar-refractivity contribution in [2.24, 2.45) is 11.8 Å². The first-order chi connectivity index (χ1) is 10.7. The molecule has 1 aromatic rings. The Balaban J connectivity index is 2.93. The maximum absolute atomic E-state index is 12.7. The zero-order valence-electron chi connectivity index (χ0n) is 14.8. The number of carboxylic acid groups (broad SMARTS) is 1. The molecule has 0 unspecified atom stereocenters. The van der Waals surface area contributed by atoms with Gasteiger partial charge in [0, 0.05) is 13.1 Å². The van der Waals surface area contributed by atoms with Crippen LogP contribution in [0.3, 0.4) is 0 Å². The highest BCUT2D eigenvalue weighted by Gasteiger charge is 2.19. The molecule has 1 amide bonds. The van der Waals surface area contributed by atoms with Crippen LogP contribution in [0.5, 0.6) is 0 Å². The number of amides is 1. The number of nitrogens with zero attached hydrogens (tertiary/aromatic N) is 2. The summed E-state index contributed by atoms with van der Waals surface area (Å²) < 4.78 is 0. The van der Waals surface area contributed by atoms with Gasteiger partial charge in [-0.1, -0.05) is 27.7 Å². The van der Waals surface area contributed by atoms with E-state index in [4.69, 9.17) is 5.11 Å². The summed E-state index contributed by atoms with van der Waals surface area (Å²) in [5.74, 6) is -0.0985. The summed E-state index contributed by atoms with van der Waals surface area (Å²) in [4.78, 5) is 29.8. The van der Waals surface area contributed by atoms with Crippen molar-refractivity contribution in [2.75, 3.05) is 13.1 Å². The SMILES string of the molecule is Cc1nc(C(=O)N(CCC(C)C)CCC(C)C)ccc1C(=O)O. The minimum atomic E-state index is -1.02. The molecule has 5 nitrogen and oxygen atoms in total. The number of pyridine rings is 1. The summed E-state index contributed by atoms with van der Waals surface area (Å²) in [6.07, 6.45) is 1.88. The third-order valence-electron chi connectivity index (χ3n) is 3.78. The number of hydrogen-bond acceptors (Lipinski definition) is 3. The molecule has 0 saturated heterocycles. The van der Waals surface area contributed by atoms with Crippen molar-refractivity contribution >= 4 is 11.9 Å². The zero-order chi connectivity index (χ0) is 17.6. The van der Waals surface area contributed by atoms with Gasteiger partial charge in [0.15, 0.2) is 0 Å². The van der Waals surface area contributed by atoms with Gasteiger partial charge in [-0.15, -0.1) is 0 Å². The van der Waals surface area contributed by atoms with Gasteiger partial charge < -0.3 is 10.0 Å². The standard InChI is InChI=1S/C18H28N2O3/c1-12(2)8-10-20(11-9-13(3)4)17(21)16-7-6-15(18(22)23)14(5)19-16/h6-7,12-13H,8-11H2,1-5H3,(H,22,23). The van der Waals surface area contributed by atoms with Gasteiger partial charge in [0.05, 0.1) is 11.3 Å². The van der Waals surface area contributed by atoms with E-state index in [9.17, 15) is 9.59 Å². The summed E-state index contributed by atoms with van der Waals surface area (Å²) in [5, 5.41) is 9.06. The van der Waals surface area contributed by atoms with Crippen molar-refractivity contribution in [3.63, 3.8) is 0 Å². The van der Waals surface area contributed by atoms with E-state index in [2.05, 4.69) is 32.7 Å². The van der Waals surface area contributed by atoms with Crippen molar-refractivity contribution in [1.29, 1.82) is 0 Å². The van der Waals surface area contributed by atoms with E-state index in [1.807, 2.05) is 4.90 Å². The average Bonchev–Trinajstić information content (AvgIpc) is 2.45. The van der Waals surface area contributed by atoms with Gasteiger partial charge >= 0.3 is 5.97 Å². The molecule has 0 aliphatic rings. The first-order valence-electron chi connectivity index (χ1n) is 8.22. The van der Waals surface area contributed by atoms with E-state index in [0.717, 1.165) is 12.8 Å². The van der Waals surface area contributed by atoms with Gasteiger partial charge in [-0.2, -0.15) is 0 Å². The molecule has 1 aromatic heterocycles. The second-order valence-electron chi connectivity index (χ2n) is 6.79. The molecule has 0 aromatic carbocycles. The Morgan fingerprint density at radius 1 is 1.09 bits per heavy atom. The highest BCUT2D eigenvalue weighted by molar-refractivity contribution is 5.94. The average molecular weight is 320 g/mol. The maximum atomic E-state index is 12.7. The fraction of sp³-hybridized carbons (Fsp3) is 0.611. The molecule has 0 spiro atoms.